The Kier molecular flexibility index (Phi) is 4.51. The van der Waals surface area contributed by atoms with Crippen molar-refractivity contribution in [3.8, 4) is 0 Å². The Hall–Kier alpha value is -0.930. The predicted octanol–water partition coefficient (Wildman–Crippen LogP) is 2.65. The van der Waals surface area contributed by atoms with E-state index >= 15 is 0 Å². The lowest BCUT2D eigenvalue weighted by Crippen LogP contribution is -2.43. The van der Waals surface area contributed by atoms with Gasteiger partial charge >= 0.3 is 0 Å². The van der Waals surface area contributed by atoms with Gasteiger partial charge in [0.15, 0.2) is 0 Å². The van der Waals surface area contributed by atoms with Crippen LogP contribution in [0.3, 0.4) is 0 Å². The summed E-state index contributed by atoms with van der Waals surface area (Å²) in [5.41, 5.74) is 7.25. The molecule has 0 saturated heterocycles. The van der Waals surface area contributed by atoms with Crippen LogP contribution in [0.15, 0.2) is 24.4 Å². The number of ether oxygens (including phenoxy) is 1. The summed E-state index contributed by atoms with van der Waals surface area (Å²) in [4.78, 5) is 4.24. The fraction of sp³-hybridized carbons (Fsp3) is 0.643. The number of aromatic nitrogens is 1. The molecule has 0 unspecified atom stereocenters. The Balaban J connectivity index is 1.77. The normalized spacial score (nSPS) is 19.8. The summed E-state index contributed by atoms with van der Waals surface area (Å²) in [6.07, 6.45) is 9.10. The molecule has 3 heteroatoms. The molecule has 0 spiro atoms. The summed E-state index contributed by atoms with van der Waals surface area (Å²) in [6, 6.07) is 5.88. The third-order valence-corrected chi connectivity index (χ3v) is 3.46. The summed E-state index contributed by atoms with van der Waals surface area (Å²) >= 11 is 0. The Morgan fingerprint density at radius 3 is 2.59 bits per heavy atom. The van der Waals surface area contributed by atoms with Crippen molar-refractivity contribution < 1.29 is 4.74 Å². The van der Waals surface area contributed by atoms with Gasteiger partial charge in [0.1, 0.15) is 0 Å². The number of nitrogens with zero attached hydrogens (tertiary/aromatic N) is 1. The minimum Gasteiger partial charge on any atom is -0.373 e. The number of hydrogen-bond acceptors (Lipinski definition) is 3. The van der Waals surface area contributed by atoms with Crippen LogP contribution in [0.4, 0.5) is 0 Å². The van der Waals surface area contributed by atoms with E-state index in [9.17, 15) is 0 Å². The van der Waals surface area contributed by atoms with Gasteiger partial charge in [-0.2, -0.15) is 0 Å². The molecule has 1 fully saturated rings. The second-order valence-corrected chi connectivity index (χ2v) is 5.09. The van der Waals surface area contributed by atoms with Crippen LogP contribution < -0.4 is 5.73 Å². The molecule has 1 saturated carbocycles. The molecular formula is C14H22N2O. The molecule has 0 bridgehead atoms. The van der Waals surface area contributed by atoms with E-state index < -0.39 is 0 Å². The number of nitrogens with two attached hydrogens (primary N) is 1. The highest BCUT2D eigenvalue weighted by molar-refractivity contribution is 5.02. The van der Waals surface area contributed by atoms with Crippen LogP contribution in [-0.4, -0.2) is 17.1 Å². The van der Waals surface area contributed by atoms with Crippen LogP contribution in [-0.2, 0) is 11.3 Å². The highest BCUT2D eigenvalue weighted by atomic mass is 16.5. The van der Waals surface area contributed by atoms with Gasteiger partial charge in [0.25, 0.3) is 0 Å². The predicted molar refractivity (Wildman–Crippen MR) is 68.5 cm³/mol. The first-order chi connectivity index (χ1) is 8.29. The highest BCUT2D eigenvalue weighted by Gasteiger charge is 2.26. The van der Waals surface area contributed by atoms with Crippen LogP contribution >= 0.6 is 0 Å². The van der Waals surface area contributed by atoms with Gasteiger partial charge in [0.05, 0.1) is 18.9 Å². The Bertz CT molecular complexity index is 318. The van der Waals surface area contributed by atoms with Gasteiger partial charge in [0, 0.05) is 11.7 Å². The fourth-order valence-corrected chi connectivity index (χ4v) is 2.42. The second-order valence-electron chi connectivity index (χ2n) is 5.09. The van der Waals surface area contributed by atoms with E-state index in [-0.39, 0.29) is 5.54 Å². The lowest BCUT2D eigenvalue weighted by molar-refractivity contribution is 0.0649. The lowest BCUT2D eigenvalue weighted by Gasteiger charge is -2.27. The van der Waals surface area contributed by atoms with Crippen molar-refractivity contribution in [1.82, 2.24) is 4.98 Å². The summed E-state index contributed by atoms with van der Waals surface area (Å²) in [6.45, 7) is 1.23. The molecule has 1 heterocycles. The summed E-state index contributed by atoms with van der Waals surface area (Å²) in [7, 11) is 0. The van der Waals surface area contributed by atoms with E-state index in [0.29, 0.717) is 13.2 Å². The van der Waals surface area contributed by atoms with Gasteiger partial charge in [-0.3, -0.25) is 4.98 Å². The Labute approximate surface area is 103 Å². The Morgan fingerprint density at radius 2 is 1.94 bits per heavy atom. The molecule has 0 aromatic carbocycles. The number of rotatable bonds is 4. The van der Waals surface area contributed by atoms with Crippen molar-refractivity contribution in [2.45, 2.75) is 50.7 Å². The topological polar surface area (TPSA) is 48.1 Å². The SMILES string of the molecule is NC1(COCc2ccccn2)CCCCCC1. The zero-order valence-electron chi connectivity index (χ0n) is 10.4. The van der Waals surface area contributed by atoms with Crippen LogP contribution in [0, 0.1) is 0 Å². The van der Waals surface area contributed by atoms with Crippen molar-refractivity contribution in [2.75, 3.05) is 6.61 Å². The highest BCUT2D eigenvalue weighted by Crippen LogP contribution is 2.25. The summed E-state index contributed by atoms with van der Waals surface area (Å²) in [5, 5.41) is 0. The third kappa shape index (κ3) is 4.10. The molecule has 0 aliphatic heterocycles. The number of hydrogen-bond donors (Lipinski definition) is 1. The maximum absolute atomic E-state index is 6.38. The quantitative estimate of drug-likeness (QED) is 0.815. The van der Waals surface area contributed by atoms with Gasteiger partial charge in [-0.25, -0.2) is 0 Å². The van der Waals surface area contributed by atoms with Gasteiger partial charge in [-0.05, 0) is 25.0 Å². The molecule has 1 aromatic heterocycles. The van der Waals surface area contributed by atoms with Crippen molar-refractivity contribution >= 4 is 0 Å². The van der Waals surface area contributed by atoms with Crippen molar-refractivity contribution in [3.05, 3.63) is 30.1 Å². The minimum atomic E-state index is -0.106. The summed E-state index contributed by atoms with van der Waals surface area (Å²) in [5.74, 6) is 0. The minimum absolute atomic E-state index is 0.106. The van der Waals surface area contributed by atoms with Crippen molar-refractivity contribution in [2.24, 2.45) is 5.73 Å². The van der Waals surface area contributed by atoms with Gasteiger partial charge < -0.3 is 10.5 Å². The largest absolute Gasteiger partial charge is 0.373 e. The van der Waals surface area contributed by atoms with Crippen LogP contribution in [0.1, 0.15) is 44.2 Å². The van der Waals surface area contributed by atoms with E-state index in [1.165, 1.54) is 25.7 Å². The molecule has 17 heavy (non-hydrogen) atoms. The first kappa shape index (κ1) is 12.5. The average Bonchev–Trinajstić information content (AvgIpc) is 2.56. The first-order valence-electron chi connectivity index (χ1n) is 6.55. The van der Waals surface area contributed by atoms with E-state index in [2.05, 4.69) is 4.98 Å². The smallest absolute Gasteiger partial charge is 0.0888 e. The molecule has 1 aliphatic rings. The average molecular weight is 234 g/mol. The van der Waals surface area contributed by atoms with E-state index in [0.717, 1.165) is 18.5 Å². The van der Waals surface area contributed by atoms with Crippen molar-refractivity contribution in [3.63, 3.8) is 0 Å². The fourth-order valence-electron chi connectivity index (χ4n) is 2.42. The van der Waals surface area contributed by atoms with Crippen LogP contribution in [0.5, 0.6) is 0 Å². The lowest BCUT2D eigenvalue weighted by atomic mass is 9.93. The van der Waals surface area contributed by atoms with Gasteiger partial charge in [-0.1, -0.05) is 31.7 Å². The standard InChI is InChI=1S/C14H22N2O/c15-14(8-4-1-2-5-9-14)12-17-11-13-7-3-6-10-16-13/h3,6-7,10H,1-2,4-5,8-9,11-12,15H2. The molecule has 0 amide bonds. The molecular weight excluding hydrogens is 212 g/mol. The molecule has 3 nitrogen and oxygen atoms in total. The molecule has 1 aromatic rings. The molecule has 2 N–H and O–H groups in total. The van der Waals surface area contributed by atoms with E-state index in [1.54, 1.807) is 6.20 Å². The molecule has 2 rings (SSSR count). The molecule has 1 aliphatic carbocycles. The maximum atomic E-state index is 6.38. The molecule has 94 valence electrons. The molecule has 0 radical (unpaired) electrons. The van der Waals surface area contributed by atoms with E-state index in [4.69, 9.17) is 10.5 Å². The zero-order chi connectivity index (χ0) is 12.0. The van der Waals surface area contributed by atoms with Crippen LogP contribution in [0.25, 0.3) is 0 Å². The number of pyridine rings is 1. The third-order valence-electron chi connectivity index (χ3n) is 3.46. The maximum Gasteiger partial charge on any atom is 0.0888 e. The van der Waals surface area contributed by atoms with E-state index in [1.807, 2.05) is 18.2 Å². The van der Waals surface area contributed by atoms with Crippen LogP contribution in [0.2, 0.25) is 0 Å². The zero-order valence-corrected chi connectivity index (χ0v) is 10.4. The molecule has 0 atom stereocenters. The van der Waals surface area contributed by atoms with Crippen molar-refractivity contribution in [1.29, 1.82) is 0 Å². The monoisotopic (exact) mass is 234 g/mol. The Morgan fingerprint density at radius 1 is 1.18 bits per heavy atom. The summed E-state index contributed by atoms with van der Waals surface area (Å²) < 4.78 is 5.73. The first-order valence-corrected chi connectivity index (χ1v) is 6.55. The van der Waals surface area contributed by atoms with Gasteiger partial charge in [-0.15, -0.1) is 0 Å². The van der Waals surface area contributed by atoms with Gasteiger partial charge in [0.2, 0.25) is 0 Å². The second kappa shape index (κ2) is 6.12.